The van der Waals surface area contributed by atoms with Crippen molar-refractivity contribution in [2.75, 3.05) is 26.7 Å². The van der Waals surface area contributed by atoms with E-state index in [-0.39, 0.29) is 24.7 Å². The zero-order valence-corrected chi connectivity index (χ0v) is 19.0. The summed E-state index contributed by atoms with van der Waals surface area (Å²) in [6.45, 7) is 0.284. The van der Waals surface area contributed by atoms with Gasteiger partial charge in [0.1, 0.15) is 12.1 Å². The van der Waals surface area contributed by atoms with Gasteiger partial charge >= 0.3 is 0 Å². The smallest absolute Gasteiger partial charge is 0.242 e. The Balaban J connectivity index is 2.39. The van der Waals surface area contributed by atoms with Crippen molar-refractivity contribution in [2.24, 2.45) is 11.5 Å². The zero-order chi connectivity index (χ0) is 24.6. The molecular formula is C22H36N6O5. The van der Waals surface area contributed by atoms with Crippen molar-refractivity contribution >= 4 is 23.6 Å². The van der Waals surface area contributed by atoms with Crippen LogP contribution in [0.15, 0.2) is 30.3 Å². The van der Waals surface area contributed by atoms with E-state index < -0.39 is 36.5 Å². The molecular weight excluding hydrogens is 428 g/mol. The molecule has 11 nitrogen and oxygen atoms in total. The monoisotopic (exact) mass is 464 g/mol. The van der Waals surface area contributed by atoms with Gasteiger partial charge in [0.25, 0.3) is 0 Å². The van der Waals surface area contributed by atoms with Gasteiger partial charge in [-0.25, -0.2) is 0 Å². The summed E-state index contributed by atoms with van der Waals surface area (Å²) in [5, 5.41) is 20.0. The van der Waals surface area contributed by atoms with Crippen molar-refractivity contribution in [3.8, 4) is 0 Å². The molecule has 0 saturated carbocycles. The second-order valence-electron chi connectivity index (χ2n) is 7.67. The van der Waals surface area contributed by atoms with Crippen molar-refractivity contribution in [1.29, 1.82) is 0 Å². The highest BCUT2D eigenvalue weighted by molar-refractivity contribution is 5.90. The van der Waals surface area contributed by atoms with Crippen LogP contribution in [0, 0.1) is 0 Å². The van der Waals surface area contributed by atoms with Gasteiger partial charge in [0.15, 0.2) is 0 Å². The van der Waals surface area contributed by atoms with Crippen molar-refractivity contribution in [3.05, 3.63) is 35.9 Å². The molecule has 0 bridgehead atoms. The van der Waals surface area contributed by atoms with Gasteiger partial charge in [-0.15, -0.1) is 0 Å². The highest BCUT2D eigenvalue weighted by Gasteiger charge is 2.23. The summed E-state index contributed by atoms with van der Waals surface area (Å²) in [6.07, 6.45) is 2.05. The number of unbranched alkanes of at least 4 members (excludes halogenated alkanes) is 1. The number of carbonyl (C=O) groups excluding carboxylic acids is 4. The van der Waals surface area contributed by atoms with Crippen LogP contribution in [0.2, 0.25) is 0 Å². The Kier molecular flexibility index (Phi) is 13.4. The third-order valence-electron chi connectivity index (χ3n) is 5.03. The van der Waals surface area contributed by atoms with Crippen LogP contribution in [-0.2, 0) is 25.6 Å². The van der Waals surface area contributed by atoms with Crippen molar-refractivity contribution < 1.29 is 24.3 Å². The number of aliphatic hydroxyl groups is 1. The number of primary amides is 1. The first-order valence-electron chi connectivity index (χ1n) is 11.0. The standard InChI is InChI=1S/C22H36N6O5/c1-25-17(20(24)31)9-10-19(30)26-11-5-6-12-27-22(33)18(28-21(32)16(23)14-29)13-15-7-3-2-4-8-15/h2-4,7-8,16-18,25,29H,5-6,9-14,23H2,1H3,(H2,24,31)(H,26,30)(H,27,33)(H,28,32). The van der Waals surface area contributed by atoms with E-state index in [9.17, 15) is 19.2 Å². The van der Waals surface area contributed by atoms with E-state index in [0.29, 0.717) is 32.4 Å². The Labute approximate surface area is 194 Å². The number of nitrogens with two attached hydrogens (primary N) is 2. The van der Waals surface area contributed by atoms with Gasteiger partial charge in [-0.2, -0.15) is 0 Å². The van der Waals surface area contributed by atoms with E-state index in [1.54, 1.807) is 7.05 Å². The molecule has 1 aromatic rings. The Hall–Kier alpha value is -3.02. The zero-order valence-electron chi connectivity index (χ0n) is 19.0. The fourth-order valence-electron chi connectivity index (χ4n) is 3.03. The number of nitrogens with one attached hydrogen (secondary N) is 4. The lowest BCUT2D eigenvalue weighted by Crippen LogP contribution is -2.53. The highest BCUT2D eigenvalue weighted by atomic mass is 16.3. The van der Waals surface area contributed by atoms with E-state index in [1.807, 2.05) is 30.3 Å². The fourth-order valence-corrected chi connectivity index (χ4v) is 3.03. The number of aliphatic hydroxyl groups excluding tert-OH is 1. The van der Waals surface area contributed by atoms with Crippen molar-refractivity contribution in [3.63, 3.8) is 0 Å². The molecule has 0 spiro atoms. The summed E-state index contributed by atoms with van der Waals surface area (Å²) in [7, 11) is 1.61. The largest absolute Gasteiger partial charge is 0.394 e. The van der Waals surface area contributed by atoms with E-state index in [4.69, 9.17) is 16.6 Å². The molecule has 33 heavy (non-hydrogen) atoms. The van der Waals surface area contributed by atoms with E-state index in [1.165, 1.54) is 0 Å². The van der Waals surface area contributed by atoms with E-state index in [2.05, 4.69) is 21.3 Å². The van der Waals surface area contributed by atoms with Crippen LogP contribution >= 0.6 is 0 Å². The SMILES string of the molecule is CNC(CCC(=O)NCCCCNC(=O)C(Cc1ccccc1)NC(=O)C(N)CO)C(N)=O. The molecule has 3 atom stereocenters. The minimum Gasteiger partial charge on any atom is -0.394 e. The summed E-state index contributed by atoms with van der Waals surface area (Å²) in [6, 6.07) is 6.76. The molecule has 0 aliphatic rings. The molecule has 1 aromatic carbocycles. The topological polar surface area (TPSA) is 189 Å². The summed E-state index contributed by atoms with van der Waals surface area (Å²) in [5.41, 5.74) is 11.6. The molecule has 0 aliphatic carbocycles. The molecule has 184 valence electrons. The van der Waals surface area contributed by atoms with Gasteiger partial charge in [-0.05, 0) is 31.9 Å². The van der Waals surface area contributed by atoms with Gasteiger partial charge in [0.05, 0.1) is 12.6 Å². The molecule has 9 N–H and O–H groups in total. The van der Waals surface area contributed by atoms with Gasteiger partial charge in [0.2, 0.25) is 23.6 Å². The maximum absolute atomic E-state index is 12.6. The first-order valence-corrected chi connectivity index (χ1v) is 11.0. The molecule has 0 aliphatic heterocycles. The molecule has 0 fully saturated rings. The number of hydrogen-bond donors (Lipinski definition) is 7. The Morgan fingerprint density at radius 1 is 0.970 bits per heavy atom. The Bertz CT molecular complexity index is 761. The number of hydrogen-bond acceptors (Lipinski definition) is 7. The van der Waals surface area contributed by atoms with Gasteiger partial charge in [-0.1, -0.05) is 30.3 Å². The van der Waals surface area contributed by atoms with Crippen LogP contribution in [0.3, 0.4) is 0 Å². The number of amides is 4. The molecule has 0 heterocycles. The van der Waals surface area contributed by atoms with E-state index in [0.717, 1.165) is 5.56 Å². The fraction of sp³-hybridized carbons (Fsp3) is 0.545. The number of likely N-dealkylation sites (N-methyl/N-ethyl adjacent to an activating group) is 1. The Morgan fingerprint density at radius 3 is 2.18 bits per heavy atom. The summed E-state index contributed by atoms with van der Waals surface area (Å²) in [5.74, 6) is -1.63. The molecule has 3 unspecified atom stereocenters. The van der Waals surface area contributed by atoms with Crippen LogP contribution in [0.5, 0.6) is 0 Å². The lowest BCUT2D eigenvalue weighted by Gasteiger charge is -2.20. The quantitative estimate of drug-likeness (QED) is 0.136. The molecule has 4 amide bonds. The lowest BCUT2D eigenvalue weighted by molar-refractivity contribution is -0.130. The van der Waals surface area contributed by atoms with Crippen LogP contribution in [-0.4, -0.2) is 73.6 Å². The second-order valence-corrected chi connectivity index (χ2v) is 7.67. The molecule has 11 heteroatoms. The summed E-state index contributed by atoms with van der Waals surface area (Å²) in [4.78, 5) is 47.7. The van der Waals surface area contributed by atoms with Crippen LogP contribution < -0.4 is 32.7 Å². The van der Waals surface area contributed by atoms with Crippen LogP contribution in [0.25, 0.3) is 0 Å². The van der Waals surface area contributed by atoms with Crippen LogP contribution in [0.4, 0.5) is 0 Å². The average Bonchev–Trinajstić information content (AvgIpc) is 2.80. The number of rotatable bonds is 16. The van der Waals surface area contributed by atoms with Gasteiger partial charge in [0, 0.05) is 25.9 Å². The van der Waals surface area contributed by atoms with Crippen molar-refractivity contribution in [2.45, 2.75) is 50.2 Å². The maximum Gasteiger partial charge on any atom is 0.242 e. The lowest BCUT2D eigenvalue weighted by atomic mass is 10.0. The van der Waals surface area contributed by atoms with Crippen molar-refractivity contribution in [1.82, 2.24) is 21.3 Å². The molecule has 0 aromatic heterocycles. The molecule has 0 saturated heterocycles. The highest BCUT2D eigenvalue weighted by Crippen LogP contribution is 2.04. The van der Waals surface area contributed by atoms with Gasteiger partial charge < -0.3 is 37.8 Å². The minimum atomic E-state index is -1.11. The third-order valence-corrected chi connectivity index (χ3v) is 5.03. The third kappa shape index (κ3) is 11.4. The predicted octanol–water partition coefficient (Wildman–Crippen LogP) is -2.10. The summed E-state index contributed by atoms with van der Waals surface area (Å²) < 4.78 is 0. The first kappa shape index (κ1) is 28.0. The predicted molar refractivity (Wildman–Crippen MR) is 124 cm³/mol. The number of carbonyl (C=O) groups is 4. The van der Waals surface area contributed by atoms with E-state index >= 15 is 0 Å². The Morgan fingerprint density at radius 2 is 1.61 bits per heavy atom. The first-order chi connectivity index (χ1) is 15.8. The number of benzene rings is 1. The van der Waals surface area contributed by atoms with Gasteiger partial charge in [-0.3, -0.25) is 19.2 Å². The maximum atomic E-state index is 12.6. The molecule has 1 rings (SSSR count). The second kappa shape index (κ2) is 15.7. The average molecular weight is 465 g/mol. The van der Waals surface area contributed by atoms with Crippen LogP contribution in [0.1, 0.15) is 31.2 Å². The molecule has 0 radical (unpaired) electrons. The summed E-state index contributed by atoms with van der Waals surface area (Å²) >= 11 is 0. The normalized spacial score (nSPS) is 13.4. The minimum absolute atomic E-state index is 0.175.